The fraction of sp³-hybridized carbons (Fsp3) is 0.0556. The molecule has 2 aromatic carbocycles. The summed E-state index contributed by atoms with van der Waals surface area (Å²) in [6, 6.07) is 12.9. The predicted molar refractivity (Wildman–Crippen MR) is 90.5 cm³/mol. The molecule has 5 nitrogen and oxygen atoms in total. The van der Waals surface area contributed by atoms with Gasteiger partial charge in [-0.3, -0.25) is 4.79 Å². The van der Waals surface area contributed by atoms with E-state index in [0.29, 0.717) is 16.5 Å². The van der Waals surface area contributed by atoms with E-state index >= 15 is 0 Å². The van der Waals surface area contributed by atoms with E-state index in [1.807, 2.05) is 0 Å². The summed E-state index contributed by atoms with van der Waals surface area (Å²) in [5, 5.41) is 12.6. The zero-order valence-corrected chi connectivity index (χ0v) is 13.6. The molecule has 1 amide bonds. The lowest BCUT2D eigenvalue weighted by atomic mass is 10.3. The molecule has 25 heavy (non-hydrogen) atoms. The lowest BCUT2D eigenvalue weighted by Crippen LogP contribution is -2.11. The number of halogens is 2. The van der Waals surface area contributed by atoms with Crippen LogP contribution in [0.5, 0.6) is 11.5 Å². The number of carbonyl (C=O) groups is 1. The highest BCUT2D eigenvalue weighted by atomic mass is 35.5. The third-order valence-electron chi connectivity index (χ3n) is 3.29. The molecule has 0 fully saturated rings. The van der Waals surface area contributed by atoms with Crippen LogP contribution >= 0.6 is 11.6 Å². The number of anilines is 1. The Morgan fingerprint density at radius 1 is 1.16 bits per heavy atom. The molecule has 1 aromatic heterocycles. The smallest absolute Gasteiger partial charge is 0.291 e. The van der Waals surface area contributed by atoms with Crippen molar-refractivity contribution in [3.8, 4) is 11.5 Å². The molecule has 2 N–H and O–H groups in total. The number of hydrogen-bond acceptors (Lipinski definition) is 4. The van der Waals surface area contributed by atoms with E-state index in [9.17, 15) is 14.3 Å². The Hall–Kier alpha value is -2.99. The van der Waals surface area contributed by atoms with Crippen molar-refractivity contribution >= 4 is 23.2 Å². The minimum absolute atomic E-state index is 0.0529. The summed E-state index contributed by atoms with van der Waals surface area (Å²) < 4.78 is 23.7. The summed E-state index contributed by atoms with van der Waals surface area (Å²) in [5.74, 6) is -0.0436. The number of furan rings is 1. The quantitative estimate of drug-likeness (QED) is 0.651. The topological polar surface area (TPSA) is 71.7 Å². The molecule has 0 radical (unpaired) electrons. The van der Waals surface area contributed by atoms with Gasteiger partial charge in [-0.15, -0.1) is 0 Å². The number of carbonyl (C=O) groups excluding carboxylic acids is 1. The Morgan fingerprint density at radius 2 is 1.92 bits per heavy atom. The predicted octanol–water partition coefficient (Wildman–Crippen LogP) is 4.61. The third kappa shape index (κ3) is 4.30. The molecule has 0 saturated heterocycles. The van der Waals surface area contributed by atoms with Crippen LogP contribution in [0.1, 0.15) is 16.3 Å². The first kappa shape index (κ1) is 16.9. The molecular weight excluding hydrogens is 349 g/mol. The van der Waals surface area contributed by atoms with E-state index in [1.165, 1.54) is 48.5 Å². The fourth-order valence-electron chi connectivity index (χ4n) is 2.06. The fourth-order valence-corrected chi connectivity index (χ4v) is 2.23. The summed E-state index contributed by atoms with van der Waals surface area (Å²) in [6.07, 6.45) is 0. The molecule has 0 unspecified atom stereocenters. The average molecular weight is 362 g/mol. The van der Waals surface area contributed by atoms with E-state index in [-0.39, 0.29) is 29.6 Å². The maximum atomic E-state index is 12.8. The molecule has 0 aliphatic carbocycles. The Balaban J connectivity index is 1.63. The van der Waals surface area contributed by atoms with Crippen LogP contribution in [0.3, 0.4) is 0 Å². The number of phenols is 1. The monoisotopic (exact) mass is 361 g/mol. The number of phenolic OH excluding ortho intramolecular Hbond substituents is 1. The van der Waals surface area contributed by atoms with Crippen molar-refractivity contribution in [2.24, 2.45) is 0 Å². The second kappa shape index (κ2) is 7.27. The van der Waals surface area contributed by atoms with Gasteiger partial charge in [0.1, 0.15) is 29.7 Å². The van der Waals surface area contributed by atoms with Gasteiger partial charge in [-0.25, -0.2) is 4.39 Å². The minimum Gasteiger partial charge on any atom is -0.506 e. The first-order valence-corrected chi connectivity index (χ1v) is 7.66. The van der Waals surface area contributed by atoms with Gasteiger partial charge in [-0.2, -0.15) is 0 Å². The van der Waals surface area contributed by atoms with Crippen LogP contribution in [-0.4, -0.2) is 11.0 Å². The summed E-state index contributed by atoms with van der Waals surface area (Å²) in [6.45, 7) is 0.0847. The molecule has 0 spiro atoms. The molecule has 7 heteroatoms. The van der Waals surface area contributed by atoms with Gasteiger partial charge in [0.25, 0.3) is 5.91 Å². The maximum absolute atomic E-state index is 12.8. The second-order valence-corrected chi connectivity index (χ2v) is 5.56. The Morgan fingerprint density at radius 3 is 2.68 bits per heavy atom. The second-order valence-electron chi connectivity index (χ2n) is 5.12. The molecule has 0 aliphatic heterocycles. The Labute approximate surface area is 147 Å². The van der Waals surface area contributed by atoms with Crippen molar-refractivity contribution in [2.45, 2.75) is 6.61 Å². The highest BCUT2D eigenvalue weighted by Gasteiger charge is 2.14. The number of amides is 1. The lowest BCUT2D eigenvalue weighted by Gasteiger charge is -2.06. The first-order valence-electron chi connectivity index (χ1n) is 7.28. The van der Waals surface area contributed by atoms with Crippen molar-refractivity contribution in [1.82, 2.24) is 0 Å². The van der Waals surface area contributed by atoms with Gasteiger partial charge < -0.3 is 19.6 Å². The zero-order chi connectivity index (χ0) is 17.8. The number of nitrogens with one attached hydrogen (secondary N) is 1. The van der Waals surface area contributed by atoms with Crippen LogP contribution in [0.4, 0.5) is 10.1 Å². The average Bonchev–Trinajstić information content (AvgIpc) is 3.07. The summed E-state index contributed by atoms with van der Waals surface area (Å²) in [4.78, 5) is 12.2. The normalized spacial score (nSPS) is 10.5. The number of ether oxygens (including phenoxy) is 1. The third-order valence-corrected chi connectivity index (χ3v) is 3.52. The highest BCUT2D eigenvalue weighted by Crippen LogP contribution is 2.27. The van der Waals surface area contributed by atoms with Crippen LogP contribution < -0.4 is 10.1 Å². The van der Waals surface area contributed by atoms with Crippen molar-refractivity contribution in [1.29, 1.82) is 0 Å². The van der Waals surface area contributed by atoms with E-state index < -0.39 is 5.91 Å². The molecule has 3 rings (SSSR count). The van der Waals surface area contributed by atoms with Crippen LogP contribution in [0.15, 0.2) is 59.0 Å². The number of aromatic hydroxyl groups is 1. The van der Waals surface area contributed by atoms with Crippen LogP contribution in [0.2, 0.25) is 5.02 Å². The molecule has 3 aromatic rings. The first-order chi connectivity index (χ1) is 12.0. The largest absolute Gasteiger partial charge is 0.506 e. The van der Waals surface area contributed by atoms with Gasteiger partial charge in [0, 0.05) is 5.02 Å². The molecular formula is C18H13ClFNO4. The molecule has 0 saturated carbocycles. The van der Waals surface area contributed by atoms with Crippen molar-refractivity contribution < 1.29 is 23.4 Å². The summed E-state index contributed by atoms with van der Waals surface area (Å²) in [5.41, 5.74) is 0.179. The van der Waals surface area contributed by atoms with Gasteiger partial charge in [0.15, 0.2) is 5.76 Å². The lowest BCUT2D eigenvalue weighted by molar-refractivity contribution is 0.0992. The number of hydrogen-bond donors (Lipinski definition) is 2. The van der Waals surface area contributed by atoms with Gasteiger partial charge in [-0.05, 0) is 54.6 Å². The standard InChI is InChI=1S/C18H13ClFNO4/c19-11-1-7-16(22)15(9-11)21-18(23)17-8-6-14(25-17)10-24-13-4-2-12(20)3-5-13/h1-9,22H,10H2,(H,21,23). The SMILES string of the molecule is O=C(Nc1cc(Cl)ccc1O)c1ccc(COc2ccc(F)cc2)o1. The van der Waals surface area contributed by atoms with Crippen molar-refractivity contribution in [3.63, 3.8) is 0 Å². The van der Waals surface area contributed by atoms with Gasteiger partial charge >= 0.3 is 0 Å². The van der Waals surface area contributed by atoms with Crippen LogP contribution in [0, 0.1) is 5.82 Å². The van der Waals surface area contributed by atoms with E-state index in [2.05, 4.69) is 5.32 Å². The van der Waals surface area contributed by atoms with Gasteiger partial charge in [0.2, 0.25) is 0 Å². The van der Waals surface area contributed by atoms with Gasteiger partial charge in [0.05, 0.1) is 5.69 Å². The molecule has 0 bridgehead atoms. The Bertz CT molecular complexity index is 892. The van der Waals surface area contributed by atoms with Gasteiger partial charge in [-0.1, -0.05) is 11.6 Å². The van der Waals surface area contributed by atoms with E-state index in [1.54, 1.807) is 6.07 Å². The van der Waals surface area contributed by atoms with Crippen molar-refractivity contribution in [3.05, 3.63) is 77.0 Å². The summed E-state index contributed by atoms with van der Waals surface area (Å²) >= 11 is 5.83. The van der Waals surface area contributed by atoms with Crippen LogP contribution in [-0.2, 0) is 6.61 Å². The molecule has 0 aliphatic rings. The number of benzene rings is 2. The molecule has 0 atom stereocenters. The highest BCUT2D eigenvalue weighted by molar-refractivity contribution is 6.31. The van der Waals surface area contributed by atoms with E-state index in [0.717, 1.165) is 0 Å². The molecule has 128 valence electrons. The molecule has 1 heterocycles. The number of rotatable bonds is 5. The van der Waals surface area contributed by atoms with Crippen molar-refractivity contribution in [2.75, 3.05) is 5.32 Å². The van der Waals surface area contributed by atoms with Crippen LogP contribution in [0.25, 0.3) is 0 Å². The maximum Gasteiger partial charge on any atom is 0.291 e. The zero-order valence-electron chi connectivity index (χ0n) is 12.8. The minimum atomic E-state index is -0.536. The van der Waals surface area contributed by atoms with E-state index in [4.69, 9.17) is 20.8 Å². The Kier molecular flexibility index (Phi) is 4.90. The summed E-state index contributed by atoms with van der Waals surface area (Å²) in [7, 11) is 0.